The van der Waals surface area contributed by atoms with E-state index < -0.39 is 8.07 Å². The summed E-state index contributed by atoms with van der Waals surface area (Å²) in [5.41, 5.74) is 3.51. The highest BCUT2D eigenvalue weighted by Crippen LogP contribution is 2.38. The van der Waals surface area contributed by atoms with Crippen LogP contribution in [-0.2, 0) is 4.79 Å². The van der Waals surface area contributed by atoms with Gasteiger partial charge in [-0.2, -0.15) is 0 Å². The van der Waals surface area contributed by atoms with Gasteiger partial charge in [0.1, 0.15) is 0 Å². The standard InChI is InChI=1S/C18H35NOSi/c1-7-8-9-12-16(15-21(5,6)18(2,3)4)17(20)19-13-10-11-14-19/h15H,7-14H2,1-6H3/b16-15-. The lowest BCUT2D eigenvalue weighted by Gasteiger charge is -2.35. The fourth-order valence-electron chi connectivity index (χ4n) is 2.58. The second kappa shape index (κ2) is 7.62. The van der Waals surface area contributed by atoms with E-state index in [-0.39, 0.29) is 0 Å². The van der Waals surface area contributed by atoms with Crippen LogP contribution in [0.1, 0.15) is 66.2 Å². The summed E-state index contributed by atoms with van der Waals surface area (Å²) in [6.45, 7) is 15.9. The Morgan fingerprint density at radius 1 is 1.14 bits per heavy atom. The maximum Gasteiger partial charge on any atom is 0.249 e. The van der Waals surface area contributed by atoms with Crippen LogP contribution in [0, 0.1) is 0 Å². The first-order valence-electron chi connectivity index (χ1n) is 8.70. The number of hydrogen-bond acceptors (Lipinski definition) is 1. The molecule has 2 nitrogen and oxygen atoms in total. The predicted octanol–water partition coefficient (Wildman–Crippen LogP) is 5.16. The van der Waals surface area contributed by atoms with E-state index in [2.05, 4.69) is 51.4 Å². The van der Waals surface area contributed by atoms with Crippen molar-refractivity contribution in [2.24, 2.45) is 0 Å². The first-order valence-corrected chi connectivity index (χ1v) is 11.8. The molecule has 1 heterocycles. The van der Waals surface area contributed by atoms with Crippen LogP contribution in [0.2, 0.25) is 18.1 Å². The lowest BCUT2D eigenvalue weighted by Crippen LogP contribution is -2.37. The number of rotatable bonds is 6. The second-order valence-electron chi connectivity index (χ2n) is 8.10. The van der Waals surface area contributed by atoms with Crippen molar-refractivity contribution in [1.29, 1.82) is 0 Å². The van der Waals surface area contributed by atoms with Crippen molar-refractivity contribution < 1.29 is 4.79 Å². The molecule has 1 saturated heterocycles. The summed E-state index contributed by atoms with van der Waals surface area (Å²) in [4.78, 5) is 14.9. The summed E-state index contributed by atoms with van der Waals surface area (Å²) in [5, 5.41) is 0.300. The van der Waals surface area contributed by atoms with Crippen molar-refractivity contribution in [1.82, 2.24) is 4.90 Å². The highest BCUT2D eigenvalue weighted by molar-refractivity contribution is 6.85. The minimum Gasteiger partial charge on any atom is -0.339 e. The van der Waals surface area contributed by atoms with Crippen LogP contribution in [0.25, 0.3) is 0 Å². The SMILES string of the molecule is CCCCC/C(=C/[Si](C)(C)C(C)(C)C)C(=O)N1CCCC1. The van der Waals surface area contributed by atoms with E-state index in [1.807, 2.05) is 0 Å². The average molecular weight is 310 g/mol. The molecule has 1 aliphatic rings. The largest absolute Gasteiger partial charge is 0.339 e. The summed E-state index contributed by atoms with van der Waals surface area (Å²) in [6.07, 6.45) is 6.90. The minimum atomic E-state index is -1.55. The number of carbonyl (C=O) groups excluding carboxylic acids is 1. The van der Waals surface area contributed by atoms with Crippen LogP contribution >= 0.6 is 0 Å². The van der Waals surface area contributed by atoms with E-state index in [0.717, 1.165) is 31.5 Å². The van der Waals surface area contributed by atoms with Gasteiger partial charge >= 0.3 is 0 Å². The molecule has 1 fully saturated rings. The molecule has 0 aromatic heterocycles. The van der Waals surface area contributed by atoms with Crippen LogP contribution in [-0.4, -0.2) is 32.0 Å². The number of amides is 1. The fraction of sp³-hybridized carbons (Fsp3) is 0.833. The van der Waals surface area contributed by atoms with Gasteiger partial charge in [-0.3, -0.25) is 4.79 Å². The van der Waals surface area contributed by atoms with Crippen LogP contribution in [0.4, 0.5) is 0 Å². The Bertz CT molecular complexity index is 373. The molecule has 0 aromatic rings. The zero-order valence-corrected chi connectivity index (χ0v) is 16.1. The average Bonchev–Trinajstić information content (AvgIpc) is 2.89. The molecule has 0 bridgehead atoms. The number of unbranched alkanes of at least 4 members (excludes halogenated alkanes) is 2. The van der Waals surface area contributed by atoms with Gasteiger partial charge in [-0.1, -0.05) is 59.3 Å². The lowest BCUT2D eigenvalue weighted by atomic mass is 10.1. The van der Waals surface area contributed by atoms with E-state index in [0.29, 0.717) is 10.9 Å². The Kier molecular flexibility index (Phi) is 6.70. The molecule has 0 N–H and O–H groups in total. The molecule has 1 rings (SSSR count). The van der Waals surface area contributed by atoms with Crippen LogP contribution in [0.5, 0.6) is 0 Å². The van der Waals surface area contributed by atoms with Gasteiger partial charge in [-0.15, -0.1) is 0 Å². The minimum absolute atomic E-state index is 0.300. The van der Waals surface area contributed by atoms with Gasteiger partial charge in [0.25, 0.3) is 0 Å². The molecular formula is C18H35NOSi. The lowest BCUT2D eigenvalue weighted by molar-refractivity contribution is -0.126. The number of likely N-dealkylation sites (tertiary alicyclic amines) is 1. The van der Waals surface area contributed by atoms with Gasteiger partial charge in [0.2, 0.25) is 5.91 Å². The Balaban J connectivity index is 2.92. The highest BCUT2D eigenvalue weighted by Gasteiger charge is 2.34. The Morgan fingerprint density at radius 2 is 1.71 bits per heavy atom. The maximum atomic E-state index is 12.8. The number of carbonyl (C=O) groups is 1. The summed E-state index contributed by atoms with van der Waals surface area (Å²) in [7, 11) is -1.55. The van der Waals surface area contributed by atoms with Crippen molar-refractivity contribution in [2.75, 3.05) is 13.1 Å². The predicted molar refractivity (Wildman–Crippen MR) is 95.2 cm³/mol. The quantitative estimate of drug-likeness (QED) is 0.377. The molecule has 0 spiro atoms. The zero-order chi connectivity index (χ0) is 16.1. The van der Waals surface area contributed by atoms with Crippen LogP contribution in [0.3, 0.4) is 0 Å². The number of hydrogen-bond donors (Lipinski definition) is 0. The van der Waals surface area contributed by atoms with Gasteiger partial charge in [-0.25, -0.2) is 0 Å². The number of nitrogens with zero attached hydrogens (tertiary/aromatic N) is 1. The monoisotopic (exact) mass is 309 g/mol. The van der Waals surface area contributed by atoms with Gasteiger partial charge in [0.15, 0.2) is 0 Å². The third-order valence-corrected chi connectivity index (χ3v) is 10.1. The van der Waals surface area contributed by atoms with E-state index in [1.54, 1.807) is 0 Å². The molecule has 122 valence electrons. The molecule has 1 amide bonds. The molecular weight excluding hydrogens is 274 g/mol. The van der Waals surface area contributed by atoms with Crippen molar-refractivity contribution >= 4 is 14.0 Å². The van der Waals surface area contributed by atoms with Crippen LogP contribution in [0.15, 0.2) is 11.3 Å². The smallest absolute Gasteiger partial charge is 0.249 e. The fourth-order valence-corrected chi connectivity index (χ4v) is 4.15. The normalized spacial score (nSPS) is 17.4. The summed E-state index contributed by atoms with van der Waals surface area (Å²) >= 11 is 0. The second-order valence-corrected chi connectivity index (χ2v) is 13.3. The first-order chi connectivity index (χ1) is 9.69. The van der Waals surface area contributed by atoms with Crippen molar-refractivity contribution in [3.63, 3.8) is 0 Å². The van der Waals surface area contributed by atoms with Gasteiger partial charge in [0, 0.05) is 18.7 Å². The van der Waals surface area contributed by atoms with Gasteiger partial charge in [-0.05, 0) is 30.7 Å². The topological polar surface area (TPSA) is 20.3 Å². The molecule has 0 saturated carbocycles. The van der Waals surface area contributed by atoms with E-state index in [4.69, 9.17) is 0 Å². The summed E-state index contributed by atoms with van der Waals surface area (Å²) in [5.74, 6) is 0.327. The summed E-state index contributed by atoms with van der Waals surface area (Å²) < 4.78 is 0. The van der Waals surface area contributed by atoms with Gasteiger partial charge < -0.3 is 4.90 Å². The van der Waals surface area contributed by atoms with E-state index in [1.165, 1.54) is 25.7 Å². The Hall–Kier alpha value is -0.573. The van der Waals surface area contributed by atoms with Crippen molar-refractivity contribution in [3.05, 3.63) is 11.3 Å². The molecule has 0 radical (unpaired) electrons. The first kappa shape index (κ1) is 18.5. The molecule has 0 unspecified atom stereocenters. The van der Waals surface area contributed by atoms with E-state index in [9.17, 15) is 4.79 Å². The Labute approximate surface area is 133 Å². The van der Waals surface area contributed by atoms with Crippen molar-refractivity contribution in [3.8, 4) is 0 Å². The molecule has 0 aliphatic carbocycles. The molecule has 0 atom stereocenters. The third kappa shape index (κ3) is 5.28. The molecule has 21 heavy (non-hydrogen) atoms. The summed E-state index contributed by atoms with van der Waals surface area (Å²) in [6, 6.07) is 0. The van der Waals surface area contributed by atoms with Crippen molar-refractivity contribution in [2.45, 2.75) is 84.4 Å². The van der Waals surface area contributed by atoms with Gasteiger partial charge in [0.05, 0.1) is 8.07 Å². The highest BCUT2D eigenvalue weighted by atomic mass is 28.3. The molecule has 1 aliphatic heterocycles. The third-order valence-electron chi connectivity index (χ3n) is 5.19. The maximum absolute atomic E-state index is 12.8. The van der Waals surface area contributed by atoms with Crippen LogP contribution < -0.4 is 0 Å². The molecule has 0 aromatic carbocycles. The Morgan fingerprint density at radius 3 is 2.19 bits per heavy atom. The zero-order valence-electron chi connectivity index (χ0n) is 15.1. The van der Waals surface area contributed by atoms with E-state index >= 15 is 0 Å². The molecule has 3 heteroatoms.